The van der Waals surface area contributed by atoms with Gasteiger partial charge in [0.05, 0.1) is 12.2 Å². The van der Waals surface area contributed by atoms with Gasteiger partial charge in [0.15, 0.2) is 5.76 Å². The third kappa shape index (κ3) is 4.31. The molecular formula is C20H25N5O2. The van der Waals surface area contributed by atoms with Gasteiger partial charge in [0.25, 0.3) is 0 Å². The third-order valence-corrected chi connectivity index (χ3v) is 4.97. The van der Waals surface area contributed by atoms with Gasteiger partial charge in [0.2, 0.25) is 0 Å². The van der Waals surface area contributed by atoms with E-state index in [-0.39, 0.29) is 6.03 Å². The molecule has 3 aromatic rings. The van der Waals surface area contributed by atoms with Crippen LogP contribution in [-0.2, 0) is 13.0 Å². The number of nitrogens with zero attached hydrogens (tertiary/aromatic N) is 3. The number of hydrogen-bond acceptors (Lipinski definition) is 4. The molecule has 7 heteroatoms. The van der Waals surface area contributed by atoms with E-state index in [1.807, 2.05) is 30.0 Å². The Morgan fingerprint density at radius 2 is 2.04 bits per heavy atom. The zero-order chi connectivity index (χ0) is 18.6. The van der Waals surface area contributed by atoms with E-state index in [2.05, 4.69) is 38.6 Å². The van der Waals surface area contributed by atoms with E-state index in [0.717, 1.165) is 61.8 Å². The van der Waals surface area contributed by atoms with Gasteiger partial charge in [-0.05, 0) is 24.4 Å². The van der Waals surface area contributed by atoms with Crippen LogP contribution in [0, 0.1) is 6.92 Å². The van der Waals surface area contributed by atoms with Crippen molar-refractivity contribution in [3.63, 3.8) is 0 Å². The Morgan fingerprint density at radius 1 is 1.22 bits per heavy atom. The number of para-hydroxylation sites is 1. The number of nitrogens with one attached hydrogen (secondary N) is 2. The van der Waals surface area contributed by atoms with Gasteiger partial charge in [-0.1, -0.05) is 23.4 Å². The van der Waals surface area contributed by atoms with Crippen molar-refractivity contribution < 1.29 is 9.32 Å². The van der Waals surface area contributed by atoms with Crippen LogP contribution in [0.2, 0.25) is 0 Å². The van der Waals surface area contributed by atoms with Crippen LogP contribution < -0.4 is 5.32 Å². The lowest BCUT2D eigenvalue weighted by Crippen LogP contribution is -2.51. The maximum absolute atomic E-state index is 12.4. The summed E-state index contributed by atoms with van der Waals surface area (Å²) in [7, 11) is 0. The molecule has 1 aromatic carbocycles. The maximum atomic E-state index is 12.4. The maximum Gasteiger partial charge on any atom is 0.317 e. The van der Waals surface area contributed by atoms with Crippen molar-refractivity contribution in [1.82, 2.24) is 25.3 Å². The van der Waals surface area contributed by atoms with Crippen LogP contribution in [0.15, 0.2) is 40.9 Å². The highest BCUT2D eigenvalue weighted by Gasteiger charge is 2.21. The molecule has 0 aliphatic carbocycles. The second kappa shape index (κ2) is 7.84. The van der Waals surface area contributed by atoms with Crippen molar-refractivity contribution in [2.75, 3.05) is 32.7 Å². The molecule has 2 aromatic heterocycles. The SMILES string of the molecule is Cc1cc(CN2CCN(C(=O)NCCc3cc4ccccc4[nH]3)CC2)on1. The van der Waals surface area contributed by atoms with Crippen LogP contribution in [0.4, 0.5) is 4.79 Å². The summed E-state index contributed by atoms with van der Waals surface area (Å²) in [5.41, 5.74) is 3.18. The summed E-state index contributed by atoms with van der Waals surface area (Å²) in [6, 6.07) is 12.3. The molecule has 1 aliphatic rings. The highest BCUT2D eigenvalue weighted by Crippen LogP contribution is 2.15. The monoisotopic (exact) mass is 367 g/mol. The van der Waals surface area contributed by atoms with Crippen LogP contribution >= 0.6 is 0 Å². The number of aryl methyl sites for hydroxylation is 1. The van der Waals surface area contributed by atoms with Crippen LogP contribution in [0.3, 0.4) is 0 Å². The Bertz CT molecular complexity index is 875. The quantitative estimate of drug-likeness (QED) is 0.726. The molecule has 27 heavy (non-hydrogen) atoms. The number of urea groups is 1. The van der Waals surface area contributed by atoms with E-state index >= 15 is 0 Å². The fourth-order valence-electron chi connectivity index (χ4n) is 3.50. The van der Waals surface area contributed by atoms with Gasteiger partial charge >= 0.3 is 6.03 Å². The van der Waals surface area contributed by atoms with Crippen molar-refractivity contribution in [3.8, 4) is 0 Å². The first-order valence-corrected chi connectivity index (χ1v) is 9.41. The molecule has 0 radical (unpaired) electrons. The molecule has 0 unspecified atom stereocenters. The lowest BCUT2D eigenvalue weighted by atomic mass is 10.2. The summed E-state index contributed by atoms with van der Waals surface area (Å²) in [4.78, 5) is 19.9. The molecule has 3 heterocycles. The third-order valence-electron chi connectivity index (χ3n) is 4.97. The molecule has 0 saturated carbocycles. The van der Waals surface area contributed by atoms with E-state index in [1.165, 1.54) is 5.39 Å². The van der Waals surface area contributed by atoms with E-state index in [4.69, 9.17) is 4.52 Å². The minimum absolute atomic E-state index is 0.0151. The number of fused-ring (bicyclic) bond motifs is 1. The summed E-state index contributed by atoms with van der Waals surface area (Å²) in [6.07, 6.45) is 0.797. The van der Waals surface area contributed by atoms with Gasteiger partial charge in [-0.3, -0.25) is 4.90 Å². The topological polar surface area (TPSA) is 77.4 Å². The molecule has 0 atom stereocenters. The summed E-state index contributed by atoms with van der Waals surface area (Å²) in [5.74, 6) is 0.878. The summed E-state index contributed by atoms with van der Waals surface area (Å²) in [6.45, 7) is 6.44. The number of H-pyrrole nitrogens is 1. The molecule has 4 rings (SSSR count). The molecule has 0 bridgehead atoms. The van der Waals surface area contributed by atoms with Crippen molar-refractivity contribution in [1.29, 1.82) is 0 Å². The largest absolute Gasteiger partial charge is 0.360 e. The predicted molar refractivity (Wildman–Crippen MR) is 103 cm³/mol. The summed E-state index contributed by atoms with van der Waals surface area (Å²) >= 11 is 0. The van der Waals surface area contributed by atoms with Gasteiger partial charge in [0, 0.05) is 56.4 Å². The molecule has 1 saturated heterocycles. The second-order valence-electron chi connectivity index (χ2n) is 7.06. The lowest BCUT2D eigenvalue weighted by Gasteiger charge is -2.34. The molecule has 1 fully saturated rings. The van der Waals surface area contributed by atoms with E-state index in [9.17, 15) is 4.79 Å². The fraction of sp³-hybridized carbons (Fsp3) is 0.400. The molecule has 0 spiro atoms. The Labute approximate surface area is 158 Å². The first-order chi connectivity index (χ1) is 13.2. The minimum atomic E-state index is 0.0151. The Balaban J connectivity index is 1.20. The zero-order valence-electron chi connectivity index (χ0n) is 15.6. The number of rotatable bonds is 5. The predicted octanol–water partition coefficient (Wildman–Crippen LogP) is 2.53. The average molecular weight is 367 g/mol. The van der Waals surface area contributed by atoms with E-state index < -0.39 is 0 Å². The van der Waals surface area contributed by atoms with Crippen molar-refractivity contribution in [2.24, 2.45) is 0 Å². The molecule has 2 N–H and O–H groups in total. The highest BCUT2D eigenvalue weighted by atomic mass is 16.5. The van der Waals surface area contributed by atoms with E-state index in [0.29, 0.717) is 6.54 Å². The Kier molecular flexibility index (Phi) is 5.11. The normalized spacial score (nSPS) is 15.4. The van der Waals surface area contributed by atoms with Crippen LogP contribution in [0.25, 0.3) is 10.9 Å². The Hall–Kier alpha value is -2.80. The van der Waals surface area contributed by atoms with Gasteiger partial charge in [-0.15, -0.1) is 0 Å². The average Bonchev–Trinajstić information content (AvgIpc) is 3.27. The lowest BCUT2D eigenvalue weighted by molar-refractivity contribution is 0.128. The number of aromatic nitrogens is 2. The number of carbonyl (C=O) groups is 1. The number of piperazine rings is 1. The highest BCUT2D eigenvalue weighted by molar-refractivity contribution is 5.80. The molecule has 142 valence electrons. The number of aromatic amines is 1. The smallest absolute Gasteiger partial charge is 0.317 e. The van der Waals surface area contributed by atoms with Crippen molar-refractivity contribution >= 4 is 16.9 Å². The molecule has 7 nitrogen and oxygen atoms in total. The summed E-state index contributed by atoms with van der Waals surface area (Å²) in [5, 5.41) is 8.16. The van der Waals surface area contributed by atoms with E-state index in [1.54, 1.807) is 0 Å². The van der Waals surface area contributed by atoms with Gasteiger partial charge in [-0.2, -0.15) is 0 Å². The number of benzene rings is 1. The molecular weight excluding hydrogens is 342 g/mol. The number of carbonyl (C=O) groups excluding carboxylic acids is 1. The first kappa shape index (κ1) is 17.6. The van der Waals surface area contributed by atoms with Crippen molar-refractivity contribution in [3.05, 3.63) is 53.5 Å². The standard InChI is InChI=1S/C20H25N5O2/c1-15-12-18(27-23-15)14-24-8-10-25(11-9-24)20(26)21-7-6-17-13-16-4-2-3-5-19(16)22-17/h2-5,12-13,22H,6-11,14H2,1H3,(H,21,26). The van der Waals surface area contributed by atoms with Crippen LogP contribution in [0.1, 0.15) is 17.1 Å². The van der Waals surface area contributed by atoms with Crippen LogP contribution in [0.5, 0.6) is 0 Å². The first-order valence-electron chi connectivity index (χ1n) is 9.41. The number of amides is 2. The van der Waals surface area contributed by atoms with Gasteiger partial charge < -0.3 is 19.7 Å². The molecule has 2 amide bonds. The zero-order valence-corrected chi connectivity index (χ0v) is 15.6. The van der Waals surface area contributed by atoms with Crippen molar-refractivity contribution in [2.45, 2.75) is 19.9 Å². The second-order valence-corrected chi connectivity index (χ2v) is 7.06. The van der Waals surface area contributed by atoms with Gasteiger partial charge in [-0.25, -0.2) is 4.79 Å². The minimum Gasteiger partial charge on any atom is -0.360 e. The Morgan fingerprint density at radius 3 is 2.78 bits per heavy atom. The van der Waals surface area contributed by atoms with Gasteiger partial charge in [0.1, 0.15) is 0 Å². The summed E-state index contributed by atoms with van der Waals surface area (Å²) < 4.78 is 5.27. The number of hydrogen-bond donors (Lipinski definition) is 2. The molecule has 1 aliphatic heterocycles. The fourth-order valence-corrected chi connectivity index (χ4v) is 3.50. The van der Waals surface area contributed by atoms with Crippen LogP contribution in [-0.4, -0.2) is 58.7 Å².